The molecule has 76 heavy (non-hydrogen) atoms. The van der Waals surface area contributed by atoms with Crippen molar-refractivity contribution in [3.05, 3.63) is 36.5 Å². The molecule has 0 aromatic rings. The summed E-state index contributed by atoms with van der Waals surface area (Å²) in [4.78, 5) is 13.2. The van der Waals surface area contributed by atoms with Crippen LogP contribution in [0.2, 0.25) is 0 Å². The van der Waals surface area contributed by atoms with Gasteiger partial charge >= 0.3 is 0 Å². The van der Waals surface area contributed by atoms with Crippen LogP contribution in [-0.4, -0.2) is 110 Å². The molecule has 0 bridgehead atoms. The van der Waals surface area contributed by atoms with Gasteiger partial charge in [0.1, 0.15) is 36.6 Å². The maximum Gasteiger partial charge on any atom is 0.249 e. The number of hydrogen-bond donors (Lipinski definition) is 8. The summed E-state index contributed by atoms with van der Waals surface area (Å²) < 4.78 is 11.1. The van der Waals surface area contributed by atoms with Crippen LogP contribution in [0.4, 0.5) is 0 Å². The summed E-state index contributed by atoms with van der Waals surface area (Å²) in [7, 11) is 0. The van der Waals surface area contributed by atoms with Crippen LogP contribution in [0.1, 0.15) is 303 Å². The molecule has 11 heteroatoms. The maximum atomic E-state index is 13.2. The van der Waals surface area contributed by atoms with Crippen LogP contribution in [0.15, 0.2) is 36.5 Å². The third-order valence-electron chi connectivity index (χ3n) is 15.6. The molecule has 1 heterocycles. The Bertz CT molecular complexity index is 1330. The minimum Gasteiger partial charge on any atom is -0.394 e. The van der Waals surface area contributed by atoms with E-state index in [2.05, 4.69) is 55.6 Å². The average Bonchev–Trinajstić information content (AvgIpc) is 3.42. The number of unbranched alkanes of at least 4 members (excludes halogenated alkanes) is 38. The highest BCUT2D eigenvalue weighted by molar-refractivity contribution is 5.80. The third-order valence-corrected chi connectivity index (χ3v) is 15.6. The predicted octanol–water partition coefficient (Wildman–Crippen LogP) is 14.6. The van der Waals surface area contributed by atoms with Crippen molar-refractivity contribution in [3.63, 3.8) is 0 Å². The molecule has 1 aliphatic heterocycles. The van der Waals surface area contributed by atoms with Crippen molar-refractivity contribution < 1.29 is 50.0 Å². The van der Waals surface area contributed by atoms with Crippen LogP contribution in [0.5, 0.6) is 0 Å². The summed E-state index contributed by atoms with van der Waals surface area (Å²) in [6.07, 6.45) is 56.5. The molecule has 0 aromatic heterocycles. The topological polar surface area (TPSA) is 189 Å². The monoisotopic (exact) mass is 1080 g/mol. The number of nitrogens with one attached hydrogen (secondary N) is 1. The van der Waals surface area contributed by atoms with E-state index in [9.17, 15) is 40.5 Å². The van der Waals surface area contributed by atoms with Gasteiger partial charge in [-0.15, -0.1) is 0 Å². The number of ether oxygens (including phenoxy) is 2. The Kier molecular flexibility index (Phi) is 51.3. The number of hydrogen-bond acceptors (Lipinski definition) is 10. The van der Waals surface area contributed by atoms with E-state index in [-0.39, 0.29) is 12.8 Å². The molecule has 1 rings (SSSR count). The fraction of sp³-hybridized carbons (Fsp3) is 0.892. The highest BCUT2D eigenvalue weighted by Crippen LogP contribution is 2.23. The molecule has 9 atom stereocenters. The first-order valence-electron chi connectivity index (χ1n) is 32.4. The number of aliphatic hydroxyl groups excluding tert-OH is 7. The highest BCUT2D eigenvalue weighted by Gasteiger charge is 2.44. The van der Waals surface area contributed by atoms with E-state index in [4.69, 9.17) is 9.47 Å². The lowest BCUT2D eigenvalue weighted by atomic mass is 9.98. The summed E-state index contributed by atoms with van der Waals surface area (Å²) in [6.45, 7) is 3.46. The molecule has 11 nitrogen and oxygen atoms in total. The molecular weight excluding hydrogens is 955 g/mol. The van der Waals surface area contributed by atoms with E-state index in [1.807, 2.05) is 0 Å². The molecule has 1 fully saturated rings. The van der Waals surface area contributed by atoms with Crippen molar-refractivity contribution in [2.24, 2.45) is 0 Å². The minimum atomic E-state index is -1.67. The van der Waals surface area contributed by atoms with Gasteiger partial charge < -0.3 is 50.5 Å². The Morgan fingerprint density at radius 2 is 0.789 bits per heavy atom. The fourth-order valence-electron chi connectivity index (χ4n) is 10.4. The van der Waals surface area contributed by atoms with E-state index in [0.29, 0.717) is 19.3 Å². The Morgan fingerprint density at radius 1 is 0.447 bits per heavy atom. The number of allylic oxidation sites excluding steroid dienone is 6. The zero-order chi connectivity index (χ0) is 55.4. The van der Waals surface area contributed by atoms with Crippen LogP contribution in [0.25, 0.3) is 0 Å². The first-order valence-corrected chi connectivity index (χ1v) is 32.4. The normalized spacial score (nSPS) is 19.8. The second kappa shape index (κ2) is 53.9. The average molecular weight is 1080 g/mol. The molecule has 0 radical (unpaired) electrons. The van der Waals surface area contributed by atoms with Crippen molar-refractivity contribution in [3.8, 4) is 0 Å². The maximum absolute atomic E-state index is 13.2. The van der Waals surface area contributed by atoms with Crippen molar-refractivity contribution in [2.45, 2.75) is 358 Å². The van der Waals surface area contributed by atoms with Gasteiger partial charge in [-0.3, -0.25) is 4.79 Å². The smallest absolute Gasteiger partial charge is 0.249 e. The van der Waals surface area contributed by atoms with E-state index in [1.54, 1.807) is 0 Å². The van der Waals surface area contributed by atoms with Gasteiger partial charge in [0.05, 0.1) is 25.4 Å². The summed E-state index contributed by atoms with van der Waals surface area (Å²) in [6, 6.07) is -1.19. The molecule has 0 aromatic carbocycles. The summed E-state index contributed by atoms with van der Waals surface area (Å²) in [5.41, 5.74) is 0. The first-order chi connectivity index (χ1) is 37.2. The first kappa shape index (κ1) is 72.3. The Morgan fingerprint density at radius 3 is 1.17 bits per heavy atom. The molecule has 448 valence electrons. The zero-order valence-electron chi connectivity index (χ0n) is 49.2. The fourth-order valence-corrected chi connectivity index (χ4v) is 10.4. The number of amides is 1. The highest BCUT2D eigenvalue weighted by atomic mass is 16.7. The van der Waals surface area contributed by atoms with Crippen LogP contribution >= 0.6 is 0 Å². The summed E-state index contributed by atoms with van der Waals surface area (Å²) >= 11 is 0. The molecule has 0 saturated carbocycles. The van der Waals surface area contributed by atoms with Crippen LogP contribution in [0, 0.1) is 0 Å². The van der Waals surface area contributed by atoms with Gasteiger partial charge in [-0.05, 0) is 77.0 Å². The van der Waals surface area contributed by atoms with Gasteiger partial charge in [0.2, 0.25) is 5.91 Å². The number of rotatable bonds is 56. The van der Waals surface area contributed by atoms with E-state index in [1.165, 1.54) is 218 Å². The Labute approximate surface area is 467 Å². The van der Waals surface area contributed by atoms with Crippen molar-refractivity contribution in [2.75, 3.05) is 13.2 Å². The zero-order valence-corrected chi connectivity index (χ0v) is 49.2. The van der Waals surface area contributed by atoms with Crippen LogP contribution < -0.4 is 5.32 Å². The van der Waals surface area contributed by atoms with E-state index in [0.717, 1.165) is 38.5 Å². The molecule has 0 aliphatic carbocycles. The Hall–Kier alpha value is -1.67. The van der Waals surface area contributed by atoms with Gasteiger partial charge in [0.15, 0.2) is 6.29 Å². The third kappa shape index (κ3) is 41.4. The molecular formula is C65H123NO10. The Balaban J connectivity index is 2.21. The van der Waals surface area contributed by atoms with Crippen molar-refractivity contribution >= 4 is 5.91 Å². The quantitative estimate of drug-likeness (QED) is 0.0215. The lowest BCUT2D eigenvalue weighted by Gasteiger charge is -2.40. The molecule has 1 aliphatic rings. The molecule has 0 spiro atoms. The summed E-state index contributed by atoms with van der Waals surface area (Å²) in [5, 5.41) is 76.2. The van der Waals surface area contributed by atoms with Gasteiger partial charge in [-0.25, -0.2) is 0 Å². The second-order valence-corrected chi connectivity index (χ2v) is 22.8. The lowest BCUT2D eigenvalue weighted by molar-refractivity contribution is -0.303. The molecule has 8 N–H and O–H groups in total. The largest absolute Gasteiger partial charge is 0.394 e. The lowest BCUT2D eigenvalue weighted by Crippen LogP contribution is -2.60. The molecule has 1 amide bonds. The number of aliphatic hydroxyl groups is 7. The predicted molar refractivity (Wildman–Crippen MR) is 316 cm³/mol. The molecule has 9 unspecified atom stereocenters. The van der Waals surface area contributed by atoms with Crippen molar-refractivity contribution in [1.82, 2.24) is 5.32 Å². The van der Waals surface area contributed by atoms with Gasteiger partial charge in [0, 0.05) is 0 Å². The number of carbonyl (C=O) groups excluding carboxylic acids is 1. The molecule has 1 saturated heterocycles. The van der Waals surface area contributed by atoms with Crippen LogP contribution in [0.3, 0.4) is 0 Å². The summed E-state index contributed by atoms with van der Waals surface area (Å²) in [5.74, 6) is -0.707. The van der Waals surface area contributed by atoms with E-state index >= 15 is 0 Å². The second-order valence-electron chi connectivity index (χ2n) is 22.8. The van der Waals surface area contributed by atoms with Gasteiger partial charge in [-0.1, -0.05) is 262 Å². The number of carbonyl (C=O) groups is 1. The van der Waals surface area contributed by atoms with Gasteiger partial charge in [-0.2, -0.15) is 0 Å². The SMILES string of the molecule is CCCCCCCCCC/C=C/CC/C=C/CCCC(O)C(O)C(COC1OC(CO)C(O)C(O)C1O)NC(=O)C(O)CCCCCCCCCCCCCCCCCC/C=C\CCCCCCCCCCCCCC. The van der Waals surface area contributed by atoms with Crippen molar-refractivity contribution in [1.29, 1.82) is 0 Å². The minimum absolute atomic E-state index is 0.247. The van der Waals surface area contributed by atoms with E-state index < -0.39 is 74.2 Å². The van der Waals surface area contributed by atoms with Gasteiger partial charge in [0.25, 0.3) is 0 Å². The van der Waals surface area contributed by atoms with Crippen LogP contribution in [-0.2, 0) is 14.3 Å². The standard InChI is InChI=1S/C65H123NO10/c1-3-5-7-9-11-13-15-17-19-21-22-23-24-25-26-27-28-29-30-31-32-33-34-35-37-39-41-43-45-47-49-51-53-58(69)64(74)66-56(55-75-65-63(73)62(72)61(71)59(54-67)76-65)60(70)57(68)52-50-48-46-44-42-40-38-36-20-18-16-14-12-10-8-6-4-2/h25-26,36,38,44,46,56-63,65,67-73H,3-24,27-35,37,39-43,45,47-55H2,1-2H3,(H,66,74)/b26-25-,38-36+,46-44+.